The van der Waals surface area contributed by atoms with Gasteiger partial charge in [0.2, 0.25) is 0 Å². The molecule has 2 aromatic carbocycles. The molecule has 0 spiro atoms. The third-order valence-corrected chi connectivity index (χ3v) is 6.86. The fourth-order valence-electron chi connectivity index (χ4n) is 2.39. The second-order valence-electron chi connectivity index (χ2n) is 5.63. The molecular weight excluding hydrogens is 406 g/mol. The Bertz CT molecular complexity index is 1150. The van der Waals surface area contributed by atoms with Gasteiger partial charge in [0.1, 0.15) is 10.6 Å². The number of anilines is 1. The Labute approximate surface area is 162 Å². The molecular formula is C16H17N5O5S2. The third-order valence-electron chi connectivity index (χ3n) is 3.76. The molecule has 1 N–H and O–H groups in total. The van der Waals surface area contributed by atoms with E-state index in [4.69, 9.17) is 4.74 Å². The maximum absolute atomic E-state index is 12.8. The van der Waals surface area contributed by atoms with E-state index in [1.807, 2.05) is 0 Å². The van der Waals surface area contributed by atoms with Crippen LogP contribution in [0, 0.1) is 0 Å². The first-order valence-electron chi connectivity index (χ1n) is 8.01. The lowest BCUT2D eigenvalue weighted by atomic mass is 10.3. The largest absolute Gasteiger partial charge is 0.495 e. The Hall–Kier alpha value is -2.99. The van der Waals surface area contributed by atoms with E-state index in [1.54, 1.807) is 30.3 Å². The Morgan fingerprint density at radius 3 is 2.46 bits per heavy atom. The van der Waals surface area contributed by atoms with Gasteiger partial charge < -0.3 is 4.74 Å². The molecule has 0 bridgehead atoms. The van der Waals surface area contributed by atoms with E-state index in [-0.39, 0.29) is 27.8 Å². The SMILES string of the molecule is COc1ccc(S(=O)(=O)CCn2ncnn2)cc1S(=O)(=O)Nc1ccccc1. The maximum Gasteiger partial charge on any atom is 0.265 e. The third kappa shape index (κ3) is 4.46. The minimum Gasteiger partial charge on any atom is -0.495 e. The lowest BCUT2D eigenvalue weighted by Gasteiger charge is -2.13. The number of tetrazole rings is 1. The van der Waals surface area contributed by atoms with Gasteiger partial charge in [-0.15, -0.1) is 10.2 Å². The van der Waals surface area contributed by atoms with Crippen LogP contribution in [0.1, 0.15) is 0 Å². The highest BCUT2D eigenvalue weighted by Gasteiger charge is 2.24. The van der Waals surface area contributed by atoms with Crippen molar-refractivity contribution in [2.24, 2.45) is 0 Å². The number of methoxy groups -OCH3 is 1. The van der Waals surface area contributed by atoms with Gasteiger partial charge in [-0.2, -0.15) is 4.80 Å². The van der Waals surface area contributed by atoms with Crippen molar-refractivity contribution in [1.82, 2.24) is 20.2 Å². The van der Waals surface area contributed by atoms with Gasteiger partial charge in [0.15, 0.2) is 16.2 Å². The molecule has 0 aliphatic rings. The van der Waals surface area contributed by atoms with E-state index in [2.05, 4.69) is 20.1 Å². The molecule has 28 heavy (non-hydrogen) atoms. The zero-order valence-corrected chi connectivity index (χ0v) is 16.4. The predicted molar refractivity (Wildman–Crippen MR) is 100 cm³/mol. The number of aromatic nitrogens is 4. The average molecular weight is 423 g/mol. The molecule has 0 aliphatic heterocycles. The van der Waals surface area contributed by atoms with Crippen molar-refractivity contribution in [2.45, 2.75) is 16.3 Å². The van der Waals surface area contributed by atoms with Crippen LogP contribution < -0.4 is 9.46 Å². The van der Waals surface area contributed by atoms with Crippen molar-refractivity contribution in [3.8, 4) is 5.75 Å². The first-order chi connectivity index (χ1) is 13.3. The van der Waals surface area contributed by atoms with Gasteiger partial charge in [0, 0.05) is 5.69 Å². The molecule has 3 aromatic rings. The van der Waals surface area contributed by atoms with Crippen LogP contribution in [0.2, 0.25) is 0 Å². The lowest BCUT2D eigenvalue weighted by molar-refractivity contribution is 0.402. The summed E-state index contributed by atoms with van der Waals surface area (Å²) in [5.41, 5.74) is 0.343. The average Bonchev–Trinajstić information content (AvgIpc) is 3.20. The molecule has 1 heterocycles. The van der Waals surface area contributed by atoms with Crippen molar-refractivity contribution in [3.63, 3.8) is 0 Å². The quantitative estimate of drug-likeness (QED) is 0.566. The van der Waals surface area contributed by atoms with E-state index in [0.29, 0.717) is 5.69 Å². The topological polar surface area (TPSA) is 133 Å². The standard InChI is InChI=1S/C16H17N5O5S2/c1-26-15-8-7-14(27(22,23)10-9-21-18-12-17-20-21)11-16(15)28(24,25)19-13-5-3-2-4-6-13/h2-8,11-12,19H,9-10H2,1H3. The molecule has 1 aromatic heterocycles. The van der Waals surface area contributed by atoms with E-state index >= 15 is 0 Å². The molecule has 0 radical (unpaired) electrons. The smallest absolute Gasteiger partial charge is 0.265 e. The number of rotatable bonds is 8. The first kappa shape index (κ1) is 19.8. The number of benzene rings is 2. The van der Waals surface area contributed by atoms with Crippen LogP contribution in [0.25, 0.3) is 0 Å². The molecule has 0 amide bonds. The second kappa shape index (κ2) is 7.94. The Morgan fingerprint density at radius 2 is 1.82 bits per heavy atom. The molecule has 3 rings (SSSR count). The first-order valence-corrected chi connectivity index (χ1v) is 11.1. The van der Waals surface area contributed by atoms with Crippen LogP contribution in [-0.2, 0) is 26.4 Å². The zero-order chi connectivity index (χ0) is 20.2. The summed E-state index contributed by atoms with van der Waals surface area (Å²) in [5.74, 6) is -0.290. The molecule has 148 valence electrons. The minimum atomic E-state index is -4.08. The van der Waals surface area contributed by atoms with Gasteiger partial charge in [0.05, 0.1) is 24.3 Å². The fourth-order valence-corrected chi connectivity index (χ4v) is 4.93. The van der Waals surface area contributed by atoms with Crippen LogP contribution >= 0.6 is 0 Å². The number of hydrogen-bond acceptors (Lipinski definition) is 8. The number of nitrogens with one attached hydrogen (secondary N) is 1. The van der Waals surface area contributed by atoms with Crippen LogP contribution in [0.4, 0.5) is 5.69 Å². The highest BCUT2D eigenvalue weighted by atomic mass is 32.2. The maximum atomic E-state index is 12.8. The summed E-state index contributed by atoms with van der Waals surface area (Å²) in [6.45, 7) is -0.0152. The van der Waals surface area contributed by atoms with E-state index < -0.39 is 19.9 Å². The highest BCUT2D eigenvalue weighted by molar-refractivity contribution is 7.93. The van der Waals surface area contributed by atoms with Gasteiger partial charge >= 0.3 is 0 Å². The highest BCUT2D eigenvalue weighted by Crippen LogP contribution is 2.29. The Balaban J connectivity index is 1.93. The molecule has 0 atom stereocenters. The van der Waals surface area contributed by atoms with Crippen molar-refractivity contribution in [3.05, 3.63) is 54.9 Å². The number of sulfonamides is 1. The number of sulfone groups is 1. The van der Waals surface area contributed by atoms with Crippen molar-refractivity contribution in [1.29, 1.82) is 0 Å². The number of aryl methyl sites for hydroxylation is 1. The van der Waals surface area contributed by atoms with E-state index in [0.717, 1.165) is 10.9 Å². The Morgan fingerprint density at radius 1 is 1.07 bits per heavy atom. The van der Waals surface area contributed by atoms with Crippen LogP contribution in [0.3, 0.4) is 0 Å². The fraction of sp³-hybridized carbons (Fsp3) is 0.188. The van der Waals surface area contributed by atoms with Crippen molar-refractivity contribution < 1.29 is 21.6 Å². The minimum absolute atomic E-state index is 0.0152. The van der Waals surface area contributed by atoms with Gasteiger partial charge in [-0.3, -0.25) is 4.72 Å². The van der Waals surface area contributed by atoms with Crippen molar-refractivity contribution >= 4 is 25.5 Å². The number of para-hydroxylation sites is 1. The molecule has 0 fully saturated rings. The summed E-state index contributed by atoms with van der Waals surface area (Å²) in [7, 11) is -6.56. The van der Waals surface area contributed by atoms with Crippen LogP contribution in [-0.4, -0.2) is 49.9 Å². The normalized spacial score (nSPS) is 11.9. The summed E-state index contributed by atoms with van der Waals surface area (Å²) in [5, 5.41) is 10.9. The van der Waals surface area contributed by atoms with Crippen LogP contribution in [0.5, 0.6) is 5.75 Å². The monoisotopic (exact) mass is 423 g/mol. The second-order valence-corrected chi connectivity index (χ2v) is 9.39. The van der Waals surface area contributed by atoms with Gasteiger partial charge in [0.25, 0.3) is 10.0 Å². The number of hydrogen-bond donors (Lipinski definition) is 1. The summed E-state index contributed by atoms with van der Waals surface area (Å²) in [4.78, 5) is 0.705. The molecule has 0 saturated heterocycles. The molecule has 0 unspecified atom stereocenters. The summed E-state index contributed by atoms with van der Waals surface area (Å²) in [6, 6.07) is 11.9. The molecule has 0 saturated carbocycles. The Kier molecular flexibility index (Phi) is 5.61. The predicted octanol–water partition coefficient (Wildman–Crippen LogP) is 0.956. The molecule has 0 aliphatic carbocycles. The van der Waals surface area contributed by atoms with E-state index in [9.17, 15) is 16.8 Å². The van der Waals surface area contributed by atoms with Gasteiger partial charge in [-0.1, -0.05) is 18.2 Å². The van der Waals surface area contributed by atoms with Crippen molar-refractivity contribution in [2.75, 3.05) is 17.6 Å². The summed E-state index contributed by atoms with van der Waals surface area (Å²) < 4.78 is 58.3. The molecule has 12 heteroatoms. The van der Waals surface area contributed by atoms with Crippen LogP contribution in [0.15, 0.2) is 64.6 Å². The van der Waals surface area contributed by atoms with E-state index in [1.165, 1.54) is 25.6 Å². The summed E-state index contributed by atoms with van der Waals surface area (Å²) >= 11 is 0. The van der Waals surface area contributed by atoms with Gasteiger partial charge in [-0.25, -0.2) is 16.8 Å². The number of ether oxygens (including phenoxy) is 1. The van der Waals surface area contributed by atoms with Gasteiger partial charge in [-0.05, 0) is 35.5 Å². The summed E-state index contributed by atoms with van der Waals surface area (Å²) in [6.07, 6.45) is 1.19. The lowest BCUT2D eigenvalue weighted by Crippen LogP contribution is -2.17. The zero-order valence-electron chi connectivity index (χ0n) is 14.8. The molecule has 10 nitrogen and oxygen atoms in total. The number of nitrogens with zero attached hydrogens (tertiary/aromatic N) is 4.